The number of ether oxygens (including phenoxy) is 2. The Morgan fingerprint density at radius 2 is 1.77 bits per heavy atom. The van der Waals surface area contributed by atoms with Crippen LogP contribution in [-0.4, -0.2) is 38.8 Å². The molecule has 156 valence electrons. The summed E-state index contributed by atoms with van der Waals surface area (Å²) in [5.41, 5.74) is 2.51. The maximum atomic E-state index is 13.2. The number of methoxy groups -OCH3 is 1. The Labute approximate surface area is 177 Å². The summed E-state index contributed by atoms with van der Waals surface area (Å²) in [5.74, 6) is 0.440. The number of carbonyl (C=O) groups is 1. The number of anilines is 2. The summed E-state index contributed by atoms with van der Waals surface area (Å²) in [6, 6.07) is 19.8. The number of nitrogens with zero attached hydrogens (tertiary/aromatic N) is 1. The number of rotatable bonds is 6. The van der Waals surface area contributed by atoms with Crippen molar-refractivity contribution in [2.24, 2.45) is 0 Å². The number of carbonyl (C=O) groups excluding carboxylic acids is 1. The fraction of sp³-hybridized carbons (Fsp3) is 0.320. The lowest BCUT2D eigenvalue weighted by molar-refractivity contribution is 0.0819. The minimum absolute atomic E-state index is 0.163. The van der Waals surface area contributed by atoms with E-state index in [-0.39, 0.29) is 5.91 Å². The SMILES string of the molecule is CCOc1ccc2ccccc2c1C(=O)Nc1ccc(N2CCC(OC)CC2)cc1. The molecule has 4 rings (SSSR count). The molecule has 0 spiro atoms. The maximum Gasteiger partial charge on any atom is 0.260 e. The fourth-order valence-corrected chi connectivity index (χ4v) is 4.06. The van der Waals surface area contributed by atoms with Crippen LogP contribution in [-0.2, 0) is 4.74 Å². The lowest BCUT2D eigenvalue weighted by atomic mass is 10.0. The van der Waals surface area contributed by atoms with Gasteiger partial charge in [0.2, 0.25) is 0 Å². The predicted octanol–water partition coefficient (Wildman–Crippen LogP) is 5.11. The van der Waals surface area contributed by atoms with Gasteiger partial charge in [0.05, 0.1) is 18.3 Å². The maximum absolute atomic E-state index is 13.2. The molecule has 0 bridgehead atoms. The van der Waals surface area contributed by atoms with Gasteiger partial charge in [0.1, 0.15) is 5.75 Å². The fourth-order valence-electron chi connectivity index (χ4n) is 4.06. The summed E-state index contributed by atoms with van der Waals surface area (Å²) in [5, 5.41) is 4.94. The smallest absolute Gasteiger partial charge is 0.260 e. The minimum Gasteiger partial charge on any atom is -0.493 e. The number of hydrogen-bond donors (Lipinski definition) is 1. The molecule has 0 aliphatic carbocycles. The Hall–Kier alpha value is -3.05. The molecule has 3 aromatic rings. The van der Waals surface area contributed by atoms with Gasteiger partial charge in [-0.2, -0.15) is 0 Å². The summed E-state index contributed by atoms with van der Waals surface area (Å²) in [4.78, 5) is 15.5. The van der Waals surface area contributed by atoms with Crippen molar-refractivity contribution < 1.29 is 14.3 Å². The Kier molecular flexibility index (Phi) is 6.19. The summed E-state index contributed by atoms with van der Waals surface area (Å²) in [6.07, 6.45) is 2.44. The van der Waals surface area contributed by atoms with Crippen molar-refractivity contribution in [3.8, 4) is 5.75 Å². The molecule has 1 N–H and O–H groups in total. The highest BCUT2D eigenvalue weighted by molar-refractivity contribution is 6.15. The van der Waals surface area contributed by atoms with E-state index in [1.807, 2.05) is 55.5 Å². The topological polar surface area (TPSA) is 50.8 Å². The van der Waals surface area contributed by atoms with Crippen LogP contribution < -0.4 is 15.0 Å². The molecule has 0 saturated carbocycles. The Balaban J connectivity index is 1.52. The van der Waals surface area contributed by atoms with E-state index in [1.54, 1.807) is 7.11 Å². The monoisotopic (exact) mass is 404 g/mol. The Bertz CT molecular complexity index is 1010. The normalized spacial score (nSPS) is 14.7. The van der Waals surface area contributed by atoms with E-state index in [0.717, 1.165) is 42.4 Å². The molecule has 5 nitrogen and oxygen atoms in total. The van der Waals surface area contributed by atoms with E-state index in [1.165, 1.54) is 5.69 Å². The third kappa shape index (κ3) is 4.26. The average Bonchev–Trinajstić information content (AvgIpc) is 2.79. The van der Waals surface area contributed by atoms with E-state index in [4.69, 9.17) is 9.47 Å². The van der Waals surface area contributed by atoms with Crippen LogP contribution in [0, 0.1) is 0 Å². The van der Waals surface area contributed by atoms with Crippen molar-refractivity contribution in [2.45, 2.75) is 25.9 Å². The number of piperidine rings is 1. The summed E-state index contributed by atoms with van der Waals surface area (Å²) < 4.78 is 11.2. The highest BCUT2D eigenvalue weighted by Crippen LogP contribution is 2.30. The van der Waals surface area contributed by atoms with Gasteiger partial charge in [-0.15, -0.1) is 0 Å². The van der Waals surface area contributed by atoms with Gasteiger partial charge in [-0.05, 0) is 60.9 Å². The standard InChI is InChI=1S/C25H28N2O3/c1-3-30-23-13-8-18-6-4-5-7-22(18)24(23)25(28)26-19-9-11-20(12-10-19)27-16-14-21(29-2)15-17-27/h4-13,21H,3,14-17H2,1-2H3,(H,26,28). The van der Waals surface area contributed by atoms with Gasteiger partial charge in [0, 0.05) is 31.6 Å². The van der Waals surface area contributed by atoms with Crippen LogP contribution in [0.4, 0.5) is 11.4 Å². The van der Waals surface area contributed by atoms with Crippen LogP contribution in [0.25, 0.3) is 10.8 Å². The highest BCUT2D eigenvalue weighted by Gasteiger charge is 2.20. The molecule has 1 heterocycles. The third-order valence-corrected chi connectivity index (χ3v) is 5.68. The van der Waals surface area contributed by atoms with Crippen molar-refractivity contribution in [2.75, 3.05) is 37.0 Å². The van der Waals surface area contributed by atoms with Gasteiger partial charge in [0.15, 0.2) is 0 Å². The summed E-state index contributed by atoms with van der Waals surface area (Å²) in [7, 11) is 1.78. The Morgan fingerprint density at radius 1 is 1.03 bits per heavy atom. The molecule has 30 heavy (non-hydrogen) atoms. The van der Waals surface area contributed by atoms with Crippen LogP contribution >= 0.6 is 0 Å². The molecule has 1 amide bonds. The van der Waals surface area contributed by atoms with Gasteiger partial charge >= 0.3 is 0 Å². The molecule has 1 saturated heterocycles. The second kappa shape index (κ2) is 9.18. The molecule has 0 aromatic heterocycles. The number of benzene rings is 3. The zero-order valence-electron chi connectivity index (χ0n) is 17.6. The van der Waals surface area contributed by atoms with Gasteiger partial charge in [-0.1, -0.05) is 30.3 Å². The van der Waals surface area contributed by atoms with Crippen molar-refractivity contribution >= 4 is 28.1 Å². The van der Waals surface area contributed by atoms with Gasteiger partial charge in [-0.25, -0.2) is 0 Å². The quantitative estimate of drug-likeness (QED) is 0.621. The molecular weight excluding hydrogens is 376 g/mol. The second-order valence-corrected chi connectivity index (χ2v) is 7.52. The largest absolute Gasteiger partial charge is 0.493 e. The van der Waals surface area contributed by atoms with Crippen LogP contribution in [0.15, 0.2) is 60.7 Å². The average molecular weight is 405 g/mol. The zero-order chi connectivity index (χ0) is 20.9. The van der Waals surface area contributed by atoms with Crippen LogP contribution in [0.3, 0.4) is 0 Å². The first-order valence-electron chi connectivity index (χ1n) is 10.5. The lowest BCUT2D eigenvalue weighted by Gasteiger charge is -2.33. The molecule has 5 heteroatoms. The van der Waals surface area contributed by atoms with Crippen molar-refractivity contribution in [3.05, 3.63) is 66.2 Å². The molecule has 1 aliphatic rings. The number of hydrogen-bond acceptors (Lipinski definition) is 4. The van der Waals surface area contributed by atoms with Gasteiger partial charge in [-0.3, -0.25) is 4.79 Å². The van der Waals surface area contributed by atoms with Crippen LogP contribution in [0.2, 0.25) is 0 Å². The first kappa shape index (κ1) is 20.2. The van der Waals surface area contributed by atoms with Crippen molar-refractivity contribution in [3.63, 3.8) is 0 Å². The molecule has 0 radical (unpaired) electrons. The van der Waals surface area contributed by atoms with Crippen molar-refractivity contribution in [1.82, 2.24) is 0 Å². The minimum atomic E-state index is -0.163. The second-order valence-electron chi connectivity index (χ2n) is 7.52. The third-order valence-electron chi connectivity index (χ3n) is 5.68. The number of fused-ring (bicyclic) bond motifs is 1. The first-order valence-corrected chi connectivity index (χ1v) is 10.5. The van der Waals surface area contributed by atoms with E-state index in [0.29, 0.717) is 24.0 Å². The molecular formula is C25H28N2O3. The van der Waals surface area contributed by atoms with Gasteiger partial charge in [0.25, 0.3) is 5.91 Å². The van der Waals surface area contributed by atoms with Crippen LogP contribution in [0.5, 0.6) is 5.75 Å². The van der Waals surface area contributed by atoms with E-state index in [2.05, 4.69) is 22.3 Å². The van der Waals surface area contributed by atoms with E-state index in [9.17, 15) is 4.79 Å². The Morgan fingerprint density at radius 3 is 2.47 bits per heavy atom. The summed E-state index contributed by atoms with van der Waals surface area (Å²) in [6.45, 7) is 4.40. The van der Waals surface area contributed by atoms with E-state index < -0.39 is 0 Å². The lowest BCUT2D eigenvalue weighted by Crippen LogP contribution is -2.36. The van der Waals surface area contributed by atoms with Crippen LogP contribution in [0.1, 0.15) is 30.1 Å². The predicted molar refractivity (Wildman–Crippen MR) is 122 cm³/mol. The zero-order valence-corrected chi connectivity index (χ0v) is 17.6. The van der Waals surface area contributed by atoms with E-state index >= 15 is 0 Å². The number of nitrogens with one attached hydrogen (secondary N) is 1. The highest BCUT2D eigenvalue weighted by atomic mass is 16.5. The molecule has 1 fully saturated rings. The number of amides is 1. The molecule has 3 aromatic carbocycles. The summed E-state index contributed by atoms with van der Waals surface area (Å²) >= 11 is 0. The van der Waals surface area contributed by atoms with Crippen molar-refractivity contribution in [1.29, 1.82) is 0 Å². The first-order chi connectivity index (χ1) is 14.7. The van der Waals surface area contributed by atoms with Gasteiger partial charge < -0.3 is 19.7 Å². The molecule has 0 atom stereocenters. The molecule has 1 aliphatic heterocycles. The molecule has 0 unspecified atom stereocenters.